The van der Waals surface area contributed by atoms with Crippen LogP contribution in [-0.4, -0.2) is 48.3 Å². The Balaban J connectivity index is 1.66. The topological polar surface area (TPSA) is 78.4 Å². The van der Waals surface area contributed by atoms with Crippen LogP contribution in [0.4, 0.5) is 14.5 Å². The maximum absolute atomic E-state index is 14.3. The Labute approximate surface area is 156 Å². The normalized spacial score (nSPS) is 16.8. The number of benzene rings is 1. The summed E-state index contributed by atoms with van der Waals surface area (Å²) in [7, 11) is 1.57. The first-order valence-corrected chi connectivity index (χ1v) is 8.73. The second kappa shape index (κ2) is 8.41. The van der Waals surface area contributed by atoms with Crippen molar-refractivity contribution < 1.29 is 18.0 Å². The number of methoxy groups -OCH3 is 1. The van der Waals surface area contributed by atoms with Crippen LogP contribution in [0.1, 0.15) is 36.7 Å². The molecule has 1 aliphatic heterocycles. The van der Waals surface area contributed by atoms with Crippen LogP contribution in [0.25, 0.3) is 0 Å². The zero-order chi connectivity index (χ0) is 19.4. The molecule has 2 aromatic rings. The number of hydrogen-bond acceptors (Lipinski definition) is 7. The molecule has 0 radical (unpaired) electrons. The largest absolute Gasteiger partial charge is 0.374 e. The van der Waals surface area contributed by atoms with Crippen molar-refractivity contribution in [1.29, 1.82) is 5.26 Å². The van der Waals surface area contributed by atoms with E-state index in [-0.39, 0.29) is 17.4 Å². The van der Waals surface area contributed by atoms with E-state index in [4.69, 9.17) is 14.5 Å². The van der Waals surface area contributed by atoms with Crippen LogP contribution in [0.2, 0.25) is 0 Å². The molecular weight excluding hydrogens is 356 g/mol. The van der Waals surface area contributed by atoms with Crippen molar-refractivity contribution in [2.75, 3.05) is 38.2 Å². The van der Waals surface area contributed by atoms with Gasteiger partial charge in [-0.25, -0.2) is 8.78 Å². The summed E-state index contributed by atoms with van der Waals surface area (Å²) in [5.41, 5.74) is -0.104. The molecule has 0 amide bonds. The molecule has 2 heterocycles. The highest BCUT2D eigenvalue weighted by atomic mass is 19.1. The third-order valence-corrected chi connectivity index (χ3v) is 4.61. The summed E-state index contributed by atoms with van der Waals surface area (Å²) in [5, 5.41) is 12.7. The second-order valence-corrected chi connectivity index (χ2v) is 6.44. The van der Waals surface area contributed by atoms with Gasteiger partial charge >= 0.3 is 0 Å². The van der Waals surface area contributed by atoms with Crippen molar-refractivity contribution in [3.8, 4) is 6.07 Å². The number of nitriles is 1. The Morgan fingerprint density at radius 3 is 2.67 bits per heavy atom. The van der Waals surface area contributed by atoms with E-state index in [1.807, 2.05) is 6.92 Å². The molecule has 7 nitrogen and oxygen atoms in total. The predicted octanol–water partition coefficient (Wildman–Crippen LogP) is 2.64. The van der Waals surface area contributed by atoms with Crippen molar-refractivity contribution in [3.63, 3.8) is 0 Å². The Kier molecular flexibility index (Phi) is 5.98. The molecule has 0 saturated carbocycles. The minimum atomic E-state index is -0.713. The van der Waals surface area contributed by atoms with Crippen LogP contribution < -0.4 is 4.90 Å². The number of ether oxygens (including phenoxy) is 1. The highest BCUT2D eigenvalue weighted by Gasteiger charge is 2.23. The summed E-state index contributed by atoms with van der Waals surface area (Å²) in [6.45, 7) is 4.61. The molecule has 1 fully saturated rings. The Morgan fingerprint density at radius 1 is 1.26 bits per heavy atom. The molecule has 1 aliphatic rings. The molecule has 0 N–H and O–H groups in total. The number of hydrogen-bond donors (Lipinski definition) is 0. The van der Waals surface area contributed by atoms with Crippen LogP contribution in [0, 0.1) is 23.0 Å². The van der Waals surface area contributed by atoms with Crippen LogP contribution >= 0.6 is 0 Å². The molecule has 1 aromatic carbocycles. The van der Waals surface area contributed by atoms with Crippen molar-refractivity contribution in [2.45, 2.75) is 26.0 Å². The molecule has 1 unspecified atom stereocenters. The third-order valence-electron chi connectivity index (χ3n) is 4.61. The quantitative estimate of drug-likeness (QED) is 0.793. The van der Waals surface area contributed by atoms with Crippen molar-refractivity contribution >= 4 is 5.69 Å². The number of rotatable bonds is 5. The van der Waals surface area contributed by atoms with Crippen molar-refractivity contribution in [1.82, 2.24) is 15.0 Å². The number of nitrogens with zero attached hydrogens (tertiary/aromatic N) is 5. The lowest BCUT2D eigenvalue weighted by molar-refractivity contribution is 0.109. The van der Waals surface area contributed by atoms with Gasteiger partial charge in [-0.3, -0.25) is 4.90 Å². The van der Waals surface area contributed by atoms with Gasteiger partial charge in [0.05, 0.1) is 18.2 Å². The van der Waals surface area contributed by atoms with Gasteiger partial charge in [-0.1, -0.05) is 5.16 Å². The van der Waals surface area contributed by atoms with E-state index in [9.17, 15) is 8.78 Å². The molecule has 144 valence electrons. The van der Waals surface area contributed by atoms with Gasteiger partial charge in [-0.2, -0.15) is 10.2 Å². The fourth-order valence-electron chi connectivity index (χ4n) is 3.08. The van der Waals surface area contributed by atoms with Gasteiger partial charge < -0.3 is 14.2 Å². The summed E-state index contributed by atoms with van der Waals surface area (Å²) >= 11 is 0. The first kappa shape index (κ1) is 19.2. The SMILES string of the molecule is COC(C)c1noc(CN2CCCN(c3c(F)cc(C#N)cc3F)CC2)n1. The summed E-state index contributed by atoms with van der Waals surface area (Å²) in [6, 6.07) is 3.90. The maximum Gasteiger partial charge on any atom is 0.240 e. The minimum Gasteiger partial charge on any atom is -0.374 e. The number of halogens is 2. The van der Waals surface area contributed by atoms with Gasteiger partial charge in [-0.15, -0.1) is 0 Å². The van der Waals surface area contributed by atoms with Crippen molar-refractivity contribution in [2.24, 2.45) is 0 Å². The van der Waals surface area contributed by atoms with E-state index < -0.39 is 11.6 Å². The summed E-state index contributed by atoms with van der Waals surface area (Å²) in [6.07, 6.45) is 0.485. The number of anilines is 1. The fraction of sp³-hybridized carbons (Fsp3) is 0.500. The molecule has 0 bridgehead atoms. The Bertz CT molecular complexity index is 812. The van der Waals surface area contributed by atoms with Crippen LogP contribution in [0.3, 0.4) is 0 Å². The first-order chi connectivity index (χ1) is 13.0. The van der Waals surface area contributed by atoms with Gasteiger partial charge in [-0.05, 0) is 25.5 Å². The van der Waals surface area contributed by atoms with E-state index in [1.165, 1.54) is 0 Å². The van der Waals surface area contributed by atoms with E-state index in [0.717, 1.165) is 25.1 Å². The Morgan fingerprint density at radius 2 is 2.00 bits per heavy atom. The molecule has 1 atom stereocenters. The summed E-state index contributed by atoms with van der Waals surface area (Å²) < 4.78 is 39.0. The van der Waals surface area contributed by atoms with Crippen LogP contribution in [-0.2, 0) is 11.3 Å². The first-order valence-electron chi connectivity index (χ1n) is 8.73. The molecule has 27 heavy (non-hydrogen) atoms. The van der Waals surface area contributed by atoms with Gasteiger partial charge in [0.2, 0.25) is 5.89 Å². The Hall–Kier alpha value is -2.57. The number of aromatic nitrogens is 2. The standard InChI is InChI=1S/C18H21F2N5O2/c1-12(26-2)18-22-16(27-23-18)11-24-4-3-5-25(7-6-24)17-14(19)8-13(10-21)9-15(17)20/h8-9,12H,3-7,11H2,1-2H3. The van der Waals surface area contributed by atoms with Crippen molar-refractivity contribution in [3.05, 3.63) is 41.0 Å². The predicted molar refractivity (Wildman–Crippen MR) is 92.9 cm³/mol. The molecule has 0 aliphatic carbocycles. The van der Waals surface area contributed by atoms with Crippen LogP contribution in [0.5, 0.6) is 0 Å². The third kappa shape index (κ3) is 4.40. The fourth-order valence-corrected chi connectivity index (χ4v) is 3.08. The van der Waals surface area contributed by atoms with E-state index in [1.54, 1.807) is 18.1 Å². The lowest BCUT2D eigenvalue weighted by atomic mass is 10.2. The molecule has 3 rings (SSSR count). The van der Waals surface area contributed by atoms with Gasteiger partial charge in [0, 0.05) is 33.3 Å². The highest BCUT2D eigenvalue weighted by Crippen LogP contribution is 2.26. The monoisotopic (exact) mass is 377 g/mol. The smallest absolute Gasteiger partial charge is 0.240 e. The van der Waals surface area contributed by atoms with E-state index >= 15 is 0 Å². The lowest BCUT2D eigenvalue weighted by Gasteiger charge is -2.24. The lowest BCUT2D eigenvalue weighted by Crippen LogP contribution is -2.31. The zero-order valence-electron chi connectivity index (χ0n) is 15.3. The second-order valence-electron chi connectivity index (χ2n) is 6.44. The molecular formula is C18H21F2N5O2. The van der Waals surface area contributed by atoms with Gasteiger partial charge in [0.1, 0.15) is 11.8 Å². The average molecular weight is 377 g/mol. The minimum absolute atomic E-state index is 0.0253. The zero-order valence-corrected chi connectivity index (χ0v) is 15.3. The maximum atomic E-state index is 14.3. The van der Waals surface area contributed by atoms with E-state index in [2.05, 4.69) is 15.0 Å². The molecule has 0 spiro atoms. The molecule has 1 aromatic heterocycles. The molecule has 1 saturated heterocycles. The molecule has 9 heteroatoms. The highest BCUT2D eigenvalue weighted by molar-refractivity contribution is 5.52. The van der Waals surface area contributed by atoms with Crippen LogP contribution in [0.15, 0.2) is 16.7 Å². The van der Waals surface area contributed by atoms with E-state index in [0.29, 0.717) is 37.9 Å². The average Bonchev–Trinajstić information content (AvgIpc) is 3.00. The van der Waals surface area contributed by atoms with Gasteiger partial charge in [0.25, 0.3) is 0 Å². The summed E-state index contributed by atoms with van der Waals surface area (Å²) in [4.78, 5) is 8.11. The van der Waals surface area contributed by atoms with Gasteiger partial charge in [0.15, 0.2) is 17.5 Å². The summed E-state index contributed by atoms with van der Waals surface area (Å²) in [5.74, 6) is -0.450.